The first-order valence-corrected chi connectivity index (χ1v) is 9.88. The number of aromatic nitrogens is 3. The fraction of sp³-hybridized carbons (Fsp3) is 0.286. The van der Waals surface area contributed by atoms with E-state index >= 15 is 0 Å². The number of carbonyl (C=O) groups is 1. The molecular formula is C21H22Cl2N4O. The summed E-state index contributed by atoms with van der Waals surface area (Å²) in [5, 5.41) is 8.55. The van der Waals surface area contributed by atoms with E-state index in [-0.39, 0.29) is 17.9 Å². The van der Waals surface area contributed by atoms with Crippen molar-refractivity contribution in [2.24, 2.45) is 0 Å². The Bertz CT molecular complexity index is 880. The highest BCUT2D eigenvalue weighted by Gasteiger charge is 2.22. The minimum absolute atomic E-state index is 0.0157. The Labute approximate surface area is 174 Å². The van der Waals surface area contributed by atoms with Crippen LogP contribution in [0, 0.1) is 0 Å². The molecule has 0 unspecified atom stereocenters. The van der Waals surface area contributed by atoms with Crippen molar-refractivity contribution in [1.82, 2.24) is 20.1 Å². The molecule has 5 nitrogen and oxygen atoms in total. The summed E-state index contributed by atoms with van der Waals surface area (Å²) < 4.78 is 1.65. The van der Waals surface area contributed by atoms with Crippen LogP contribution < -0.4 is 5.32 Å². The summed E-state index contributed by atoms with van der Waals surface area (Å²) in [6, 6.07) is 15.5. The zero-order valence-electron chi connectivity index (χ0n) is 15.6. The van der Waals surface area contributed by atoms with Crippen LogP contribution in [0.25, 0.3) is 0 Å². The largest absolute Gasteiger partial charge is 0.353 e. The molecule has 7 heteroatoms. The molecule has 3 rings (SSSR count). The van der Waals surface area contributed by atoms with E-state index in [0.29, 0.717) is 23.0 Å². The molecule has 0 saturated carbocycles. The molecule has 3 aromatic rings. The average Bonchev–Trinajstić information content (AvgIpc) is 3.20. The topological polar surface area (TPSA) is 59.8 Å². The number of nitrogens with one attached hydrogen (secondary N) is 1. The Kier molecular flexibility index (Phi) is 7.06. The van der Waals surface area contributed by atoms with Crippen LogP contribution in [-0.2, 0) is 17.8 Å². The quantitative estimate of drug-likeness (QED) is 0.587. The number of carbonyl (C=O) groups excluding carboxylic acids is 1. The van der Waals surface area contributed by atoms with E-state index in [1.807, 2.05) is 55.5 Å². The number of aryl methyl sites for hydroxylation is 1. The van der Waals surface area contributed by atoms with Crippen molar-refractivity contribution >= 4 is 29.1 Å². The number of amides is 1. The van der Waals surface area contributed by atoms with Gasteiger partial charge < -0.3 is 5.32 Å². The molecular weight excluding hydrogens is 395 g/mol. The second-order valence-electron chi connectivity index (χ2n) is 6.75. The molecule has 1 heterocycles. The normalized spacial score (nSPS) is 13.1. The molecule has 0 spiro atoms. The van der Waals surface area contributed by atoms with Crippen LogP contribution in [0.3, 0.4) is 0 Å². The monoisotopic (exact) mass is 416 g/mol. The molecule has 0 aliphatic rings. The SMILES string of the molecule is C[C@@H](NC(=O)CCn1cncn1)[C@H](Cc1ccc(Cl)cc1)c1ccc(Cl)cc1. The molecule has 2 aromatic carbocycles. The molecule has 0 radical (unpaired) electrons. The van der Waals surface area contributed by atoms with Crippen molar-refractivity contribution in [3.63, 3.8) is 0 Å². The van der Waals surface area contributed by atoms with Crippen molar-refractivity contribution in [3.05, 3.63) is 82.4 Å². The molecule has 0 fully saturated rings. The highest BCUT2D eigenvalue weighted by atomic mass is 35.5. The molecule has 0 bridgehead atoms. The van der Waals surface area contributed by atoms with Gasteiger partial charge in [-0.1, -0.05) is 47.5 Å². The summed E-state index contributed by atoms with van der Waals surface area (Å²) in [5.74, 6) is 0.0897. The summed E-state index contributed by atoms with van der Waals surface area (Å²) in [6.07, 6.45) is 4.20. The van der Waals surface area contributed by atoms with Gasteiger partial charge in [0.2, 0.25) is 5.91 Å². The first kappa shape index (κ1) is 20.4. The third-order valence-electron chi connectivity index (χ3n) is 4.69. The van der Waals surface area contributed by atoms with Gasteiger partial charge in [-0.3, -0.25) is 9.48 Å². The lowest BCUT2D eigenvalue weighted by molar-refractivity contribution is -0.122. The van der Waals surface area contributed by atoms with E-state index < -0.39 is 0 Å². The van der Waals surface area contributed by atoms with Gasteiger partial charge in [0.05, 0.1) is 6.54 Å². The van der Waals surface area contributed by atoms with Gasteiger partial charge in [-0.2, -0.15) is 5.10 Å². The van der Waals surface area contributed by atoms with Crippen molar-refractivity contribution in [3.8, 4) is 0 Å². The molecule has 1 amide bonds. The molecule has 2 atom stereocenters. The lowest BCUT2D eigenvalue weighted by atomic mass is 9.86. The highest BCUT2D eigenvalue weighted by Crippen LogP contribution is 2.26. The summed E-state index contributed by atoms with van der Waals surface area (Å²) in [5.41, 5.74) is 2.29. The van der Waals surface area contributed by atoms with Crippen molar-refractivity contribution in [2.45, 2.75) is 38.3 Å². The van der Waals surface area contributed by atoms with Gasteiger partial charge in [0, 0.05) is 28.4 Å². The molecule has 1 aromatic heterocycles. The van der Waals surface area contributed by atoms with E-state index in [1.54, 1.807) is 11.0 Å². The zero-order valence-corrected chi connectivity index (χ0v) is 17.1. The smallest absolute Gasteiger partial charge is 0.222 e. The highest BCUT2D eigenvalue weighted by molar-refractivity contribution is 6.30. The summed E-state index contributed by atoms with van der Waals surface area (Å²) in [6.45, 7) is 2.53. The lowest BCUT2D eigenvalue weighted by Crippen LogP contribution is -2.38. The minimum Gasteiger partial charge on any atom is -0.353 e. The van der Waals surface area contributed by atoms with Crippen molar-refractivity contribution in [2.75, 3.05) is 0 Å². The van der Waals surface area contributed by atoms with E-state index in [4.69, 9.17) is 23.2 Å². The molecule has 0 aliphatic carbocycles. The number of nitrogens with zero attached hydrogens (tertiary/aromatic N) is 3. The van der Waals surface area contributed by atoms with Crippen LogP contribution in [0.4, 0.5) is 0 Å². The third kappa shape index (κ3) is 5.81. The van der Waals surface area contributed by atoms with Gasteiger partial charge in [-0.15, -0.1) is 0 Å². The Morgan fingerprint density at radius 1 is 1.07 bits per heavy atom. The Hall–Kier alpha value is -2.37. The zero-order chi connectivity index (χ0) is 19.9. The van der Waals surface area contributed by atoms with Gasteiger partial charge in [0.1, 0.15) is 12.7 Å². The predicted octanol–water partition coefficient (Wildman–Crippen LogP) is 4.51. The van der Waals surface area contributed by atoms with Crippen LogP contribution in [0.2, 0.25) is 10.0 Å². The summed E-state index contributed by atoms with van der Waals surface area (Å²) in [4.78, 5) is 16.3. The summed E-state index contributed by atoms with van der Waals surface area (Å²) in [7, 11) is 0. The Balaban J connectivity index is 1.70. The van der Waals surface area contributed by atoms with E-state index in [2.05, 4.69) is 15.4 Å². The van der Waals surface area contributed by atoms with E-state index in [9.17, 15) is 4.79 Å². The van der Waals surface area contributed by atoms with Crippen LogP contribution in [-0.4, -0.2) is 26.7 Å². The fourth-order valence-corrected chi connectivity index (χ4v) is 3.41. The molecule has 0 aliphatic heterocycles. The van der Waals surface area contributed by atoms with Crippen LogP contribution in [0.15, 0.2) is 61.2 Å². The Morgan fingerprint density at radius 2 is 1.71 bits per heavy atom. The van der Waals surface area contributed by atoms with E-state index in [1.165, 1.54) is 6.33 Å². The maximum absolute atomic E-state index is 12.4. The predicted molar refractivity (Wildman–Crippen MR) is 112 cm³/mol. The second kappa shape index (κ2) is 9.71. The maximum Gasteiger partial charge on any atom is 0.222 e. The number of hydrogen-bond acceptors (Lipinski definition) is 3. The van der Waals surface area contributed by atoms with Gasteiger partial charge in [0.25, 0.3) is 0 Å². The maximum atomic E-state index is 12.4. The van der Waals surface area contributed by atoms with Crippen LogP contribution in [0.5, 0.6) is 0 Å². The molecule has 28 heavy (non-hydrogen) atoms. The second-order valence-corrected chi connectivity index (χ2v) is 7.63. The van der Waals surface area contributed by atoms with Gasteiger partial charge in [0.15, 0.2) is 0 Å². The van der Waals surface area contributed by atoms with Crippen LogP contribution >= 0.6 is 23.2 Å². The van der Waals surface area contributed by atoms with Crippen LogP contribution in [0.1, 0.15) is 30.4 Å². The molecule has 146 valence electrons. The van der Waals surface area contributed by atoms with Crippen molar-refractivity contribution in [1.29, 1.82) is 0 Å². The first-order valence-electron chi connectivity index (χ1n) is 9.13. The standard InChI is InChI=1S/C21H22Cl2N4O/c1-15(26-21(28)10-11-27-14-24-13-25-27)20(17-4-8-19(23)9-5-17)12-16-2-6-18(22)7-3-16/h2-9,13-15,20H,10-12H2,1H3,(H,26,28)/t15-,20+/m1/s1. The lowest BCUT2D eigenvalue weighted by Gasteiger charge is -2.26. The average molecular weight is 417 g/mol. The van der Waals surface area contributed by atoms with E-state index in [0.717, 1.165) is 17.5 Å². The third-order valence-corrected chi connectivity index (χ3v) is 5.20. The number of halogens is 2. The van der Waals surface area contributed by atoms with Gasteiger partial charge in [-0.05, 0) is 48.7 Å². The van der Waals surface area contributed by atoms with Gasteiger partial charge in [-0.25, -0.2) is 4.98 Å². The van der Waals surface area contributed by atoms with Crippen molar-refractivity contribution < 1.29 is 4.79 Å². The number of hydrogen-bond donors (Lipinski definition) is 1. The van der Waals surface area contributed by atoms with Gasteiger partial charge >= 0.3 is 0 Å². The fourth-order valence-electron chi connectivity index (χ4n) is 3.16. The first-order chi connectivity index (χ1) is 13.5. The minimum atomic E-state index is -0.0555. The summed E-state index contributed by atoms with van der Waals surface area (Å²) >= 11 is 12.1. The number of rotatable bonds is 8. The Morgan fingerprint density at radius 3 is 2.32 bits per heavy atom. The number of benzene rings is 2. The molecule has 1 N–H and O–H groups in total. The molecule has 0 saturated heterocycles.